The van der Waals surface area contributed by atoms with Crippen LogP contribution in [0.15, 0.2) is 4.99 Å². The van der Waals surface area contributed by atoms with Gasteiger partial charge in [-0.25, -0.2) is 4.99 Å². The molecule has 1 saturated heterocycles. The normalized spacial score (nSPS) is 19.5. The number of guanidine groups is 1. The van der Waals surface area contributed by atoms with Crippen molar-refractivity contribution in [2.24, 2.45) is 12.0 Å². The van der Waals surface area contributed by atoms with Gasteiger partial charge < -0.3 is 14.8 Å². The number of rotatable bonds is 6. The van der Waals surface area contributed by atoms with Gasteiger partial charge in [0.05, 0.1) is 0 Å². The number of aliphatic imine (C=N–C) groups is 1. The van der Waals surface area contributed by atoms with Crippen molar-refractivity contribution in [3.63, 3.8) is 0 Å². The molecule has 2 heterocycles. The monoisotopic (exact) mass is 503 g/mol. The Morgan fingerprint density at radius 2 is 1.82 bits per heavy atom. The molecule has 1 aliphatic heterocycles. The molecule has 0 amide bonds. The van der Waals surface area contributed by atoms with Crippen molar-refractivity contribution >= 4 is 29.9 Å². The summed E-state index contributed by atoms with van der Waals surface area (Å²) in [5, 5.41) is 12.0. The van der Waals surface area contributed by atoms with Gasteiger partial charge >= 0.3 is 0 Å². The molecule has 3 rings (SSSR count). The summed E-state index contributed by atoms with van der Waals surface area (Å²) >= 11 is 0. The molecule has 0 aromatic carbocycles. The van der Waals surface area contributed by atoms with Crippen LogP contribution in [0.5, 0.6) is 0 Å². The number of halogens is 1. The molecular formula is C20H38IN7. The minimum atomic E-state index is 0. The van der Waals surface area contributed by atoms with Gasteiger partial charge in [0.1, 0.15) is 12.4 Å². The summed E-state index contributed by atoms with van der Waals surface area (Å²) in [6, 6.07) is 0.816. The molecular weight excluding hydrogens is 465 g/mol. The van der Waals surface area contributed by atoms with Crippen LogP contribution in [0.25, 0.3) is 0 Å². The second-order valence-electron chi connectivity index (χ2n) is 7.96. The summed E-state index contributed by atoms with van der Waals surface area (Å²) in [4.78, 5) is 10.0. The highest BCUT2D eigenvalue weighted by Crippen LogP contribution is 2.23. The zero-order chi connectivity index (χ0) is 19.1. The number of nitrogens with zero attached hydrogens (tertiary/aromatic N) is 6. The molecule has 0 atom stereocenters. The topological polar surface area (TPSA) is 61.6 Å². The van der Waals surface area contributed by atoms with E-state index in [-0.39, 0.29) is 24.0 Å². The van der Waals surface area contributed by atoms with Gasteiger partial charge in [-0.2, -0.15) is 0 Å². The molecule has 0 spiro atoms. The Balaban J connectivity index is 0.00000280. The van der Waals surface area contributed by atoms with Crippen LogP contribution in [0.1, 0.15) is 63.5 Å². The van der Waals surface area contributed by atoms with Crippen LogP contribution in [-0.2, 0) is 13.6 Å². The first-order chi connectivity index (χ1) is 13.2. The third-order valence-electron chi connectivity index (χ3n) is 6.07. The molecule has 0 unspecified atom stereocenters. The second-order valence-corrected chi connectivity index (χ2v) is 7.96. The maximum Gasteiger partial charge on any atom is 0.194 e. The van der Waals surface area contributed by atoms with Crippen LogP contribution in [0.2, 0.25) is 0 Å². The van der Waals surface area contributed by atoms with Crippen LogP contribution < -0.4 is 5.32 Å². The first-order valence-electron chi connectivity index (χ1n) is 10.8. The number of aromatic nitrogens is 3. The van der Waals surface area contributed by atoms with Crippen molar-refractivity contribution in [2.45, 2.75) is 71.4 Å². The predicted octanol–water partition coefficient (Wildman–Crippen LogP) is 2.94. The Kier molecular flexibility index (Phi) is 9.98. The van der Waals surface area contributed by atoms with Gasteiger partial charge in [-0.15, -0.1) is 34.2 Å². The van der Waals surface area contributed by atoms with E-state index in [1.54, 1.807) is 0 Å². The molecule has 2 aliphatic rings. The van der Waals surface area contributed by atoms with Crippen LogP contribution in [0.3, 0.4) is 0 Å². The van der Waals surface area contributed by atoms with E-state index in [4.69, 9.17) is 4.99 Å². The highest BCUT2D eigenvalue weighted by molar-refractivity contribution is 14.0. The first kappa shape index (κ1) is 23.4. The third kappa shape index (κ3) is 6.30. The van der Waals surface area contributed by atoms with Crippen molar-refractivity contribution in [3.8, 4) is 0 Å². The Labute approximate surface area is 187 Å². The molecule has 0 radical (unpaired) electrons. The summed E-state index contributed by atoms with van der Waals surface area (Å²) in [5.74, 6) is 2.89. The van der Waals surface area contributed by atoms with E-state index < -0.39 is 0 Å². The Morgan fingerprint density at radius 1 is 1.11 bits per heavy atom. The molecule has 7 nitrogen and oxygen atoms in total. The van der Waals surface area contributed by atoms with Crippen LogP contribution >= 0.6 is 24.0 Å². The van der Waals surface area contributed by atoms with E-state index in [2.05, 4.69) is 32.2 Å². The number of unbranched alkanes of at least 4 members (excludes halogenated alkanes) is 1. The summed E-state index contributed by atoms with van der Waals surface area (Å²) in [6.07, 6.45) is 9.39. The lowest BCUT2D eigenvalue weighted by Crippen LogP contribution is -2.55. The van der Waals surface area contributed by atoms with Crippen LogP contribution in [0.4, 0.5) is 0 Å². The van der Waals surface area contributed by atoms with E-state index in [1.807, 2.05) is 18.5 Å². The first-order valence-corrected chi connectivity index (χ1v) is 10.8. The van der Waals surface area contributed by atoms with Crippen molar-refractivity contribution in [2.75, 3.05) is 32.7 Å². The van der Waals surface area contributed by atoms with Gasteiger partial charge in [0.25, 0.3) is 0 Å². The average Bonchev–Trinajstić information content (AvgIpc) is 3.03. The van der Waals surface area contributed by atoms with Crippen LogP contribution in [-0.4, -0.2) is 69.3 Å². The van der Waals surface area contributed by atoms with Crippen molar-refractivity contribution in [1.29, 1.82) is 0 Å². The van der Waals surface area contributed by atoms with Gasteiger partial charge in [0, 0.05) is 45.8 Å². The standard InChI is InChI=1S/C20H37N7.HI/c1-4-5-11-21-20(22-16-19-24-23-17(2)25(19)3)27-14-12-26(13-15-27)18-9-7-6-8-10-18;/h18H,4-16H2,1-3H3,(H,21,22);1H. The number of hydrogen-bond donors (Lipinski definition) is 1. The fourth-order valence-corrected chi connectivity index (χ4v) is 4.12. The smallest absolute Gasteiger partial charge is 0.194 e. The lowest BCUT2D eigenvalue weighted by atomic mass is 9.94. The van der Waals surface area contributed by atoms with Gasteiger partial charge in [0.15, 0.2) is 11.8 Å². The Bertz CT molecular complexity index is 602. The Morgan fingerprint density at radius 3 is 2.43 bits per heavy atom. The molecule has 1 saturated carbocycles. The minimum Gasteiger partial charge on any atom is -0.356 e. The third-order valence-corrected chi connectivity index (χ3v) is 6.07. The molecule has 8 heteroatoms. The summed E-state index contributed by atoms with van der Waals surface area (Å²) in [7, 11) is 2.01. The van der Waals surface area contributed by atoms with Gasteiger partial charge in [-0.3, -0.25) is 4.90 Å². The van der Waals surface area contributed by atoms with Crippen molar-refractivity contribution in [1.82, 2.24) is 29.9 Å². The summed E-state index contributed by atoms with van der Waals surface area (Å²) < 4.78 is 2.02. The molecule has 1 aromatic rings. The van der Waals surface area contributed by atoms with E-state index in [0.29, 0.717) is 6.54 Å². The maximum absolute atomic E-state index is 4.89. The molecule has 1 aliphatic carbocycles. The number of hydrogen-bond acceptors (Lipinski definition) is 4. The molecule has 2 fully saturated rings. The lowest BCUT2D eigenvalue weighted by Gasteiger charge is -2.41. The van der Waals surface area contributed by atoms with Crippen molar-refractivity contribution < 1.29 is 0 Å². The quantitative estimate of drug-likeness (QED) is 0.280. The largest absolute Gasteiger partial charge is 0.356 e. The highest BCUT2D eigenvalue weighted by Gasteiger charge is 2.26. The van der Waals surface area contributed by atoms with Crippen LogP contribution in [0, 0.1) is 6.92 Å². The summed E-state index contributed by atoms with van der Waals surface area (Å²) in [5.41, 5.74) is 0. The second kappa shape index (κ2) is 11.9. The van der Waals surface area contributed by atoms with E-state index in [1.165, 1.54) is 44.9 Å². The molecule has 1 N–H and O–H groups in total. The van der Waals surface area contributed by atoms with E-state index in [9.17, 15) is 0 Å². The van der Waals surface area contributed by atoms with E-state index in [0.717, 1.165) is 56.4 Å². The molecule has 0 bridgehead atoms. The maximum atomic E-state index is 4.89. The highest BCUT2D eigenvalue weighted by atomic mass is 127. The predicted molar refractivity (Wildman–Crippen MR) is 125 cm³/mol. The Hall–Kier alpha value is -0.900. The fraction of sp³-hybridized carbons (Fsp3) is 0.850. The zero-order valence-electron chi connectivity index (χ0n) is 17.9. The zero-order valence-corrected chi connectivity index (χ0v) is 20.2. The molecule has 160 valence electrons. The lowest BCUT2D eigenvalue weighted by molar-refractivity contribution is 0.106. The number of aryl methyl sites for hydroxylation is 1. The van der Waals surface area contributed by atoms with Gasteiger partial charge in [-0.05, 0) is 26.2 Å². The van der Waals surface area contributed by atoms with Gasteiger partial charge in [-0.1, -0.05) is 32.6 Å². The molecule has 1 aromatic heterocycles. The van der Waals surface area contributed by atoms with E-state index >= 15 is 0 Å². The van der Waals surface area contributed by atoms with Gasteiger partial charge in [0.2, 0.25) is 0 Å². The van der Waals surface area contributed by atoms with Crippen molar-refractivity contribution in [3.05, 3.63) is 11.6 Å². The number of nitrogens with one attached hydrogen (secondary N) is 1. The molecule has 28 heavy (non-hydrogen) atoms. The summed E-state index contributed by atoms with van der Waals surface area (Å²) in [6.45, 7) is 10.2. The number of piperazine rings is 1. The fourth-order valence-electron chi connectivity index (χ4n) is 4.12. The minimum absolute atomic E-state index is 0. The SMILES string of the molecule is CCCCNC(=NCc1nnc(C)n1C)N1CCN(C2CCCCC2)CC1.I. The average molecular weight is 503 g/mol.